The van der Waals surface area contributed by atoms with Crippen LogP contribution in [0, 0.1) is 34.3 Å². The van der Waals surface area contributed by atoms with E-state index < -0.39 is 11.6 Å². The van der Waals surface area contributed by atoms with Crippen molar-refractivity contribution < 1.29 is 8.78 Å². The van der Waals surface area contributed by atoms with E-state index in [0.29, 0.717) is 11.4 Å². The highest BCUT2D eigenvalue weighted by atomic mass is 19.1. The van der Waals surface area contributed by atoms with Gasteiger partial charge in [-0.1, -0.05) is 24.3 Å². The maximum atomic E-state index is 13.9. The van der Waals surface area contributed by atoms with E-state index >= 15 is 0 Å². The van der Waals surface area contributed by atoms with Crippen molar-refractivity contribution in [2.75, 3.05) is 75.2 Å². The van der Waals surface area contributed by atoms with Crippen LogP contribution in [0.2, 0.25) is 0 Å². The number of rotatable bonds is 6. The Hall–Kier alpha value is -3.46. The lowest BCUT2D eigenvalue weighted by atomic mass is 10.1. The van der Waals surface area contributed by atoms with Gasteiger partial charge in [0, 0.05) is 65.4 Å². The van der Waals surface area contributed by atoms with Crippen molar-refractivity contribution in [1.29, 1.82) is 10.5 Å². The van der Waals surface area contributed by atoms with Crippen LogP contribution in [0.3, 0.4) is 0 Å². The van der Waals surface area contributed by atoms with E-state index in [2.05, 4.69) is 31.8 Å². The van der Waals surface area contributed by atoms with Crippen LogP contribution in [0.5, 0.6) is 0 Å². The zero-order valence-corrected chi connectivity index (χ0v) is 19.1. The highest BCUT2D eigenvalue weighted by molar-refractivity contribution is 5.61. The number of hydrogen-bond donors (Lipinski definition) is 0. The number of nitrogens with zero attached hydrogens (tertiary/aromatic N) is 6. The van der Waals surface area contributed by atoms with Crippen LogP contribution in [0.15, 0.2) is 48.6 Å². The molecule has 2 aromatic carbocycles. The van der Waals surface area contributed by atoms with Crippen molar-refractivity contribution in [3.05, 3.63) is 71.3 Å². The minimum atomic E-state index is -0.465. The Morgan fingerprint density at radius 3 is 1.38 bits per heavy atom. The third-order valence-corrected chi connectivity index (χ3v) is 6.53. The Bertz CT molecular complexity index is 1020. The molecular formula is C26H28F2N6. The first kappa shape index (κ1) is 23.7. The summed E-state index contributed by atoms with van der Waals surface area (Å²) in [6, 6.07) is 13.6. The Morgan fingerprint density at radius 1 is 0.647 bits per heavy atom. The zero-order chi connectivity index (χ0) is 23.9. The minimum Gasteiger partial charge on any atom is -0.368 e. The molecule has 8 heteroatoms. The van der Waals surface area contributed by atoms with Gasteiger partial charge in [-0.3, -0.25) is 9.80 Å². The van der Waals surface area contributed by atoms with Gasteiger partial charge in [0.05, 0.1) is 11.4 Å². The number of nitriles is 2. The molecule has 2 fully saturated rings. The predicted octanol–water partition coefficient (Wildman–Crippen LogP) is 3.21. The molecule has 0 aliphatic carbocycles. The standard InChI is InChI=1S/C26H28F2N6/c27-23-5-3-7-25(21(23)19-29)33-15-11-31(12-16-33)9-1-2-10-32-13-17-34(18-14-32)26-8-4-6-24(28)22(26)20-30/h1-8H,9-18H2/b2-1+. The number of anilines is 2. The van der Waals surface area contributed by atoms with Gasteiger partial charge in [-0.05, 0) is 24.3 Å². The lowest BCUT2D eigenvalue weighted by molar-refractivity contribution is 0.277. The number of benzene rings is 2. The molecule has 2 heterocycles. The molecule has 2 saturated heterocycles. The highest BCUT2D eigenvalue weighted by Gasteiger charge is 2.21. The summed E-state index contributed by atoms with van der Waals surface area (Å²) >= 11 is 0. The van der Waals surface area contributed by atoms with E-state index in [1.807, 2.05) is 24.3 Å². The summed E-state index contributed by atoms with van der Waals surface area (Å²) in [6.07, 6.45) is 4.37. The van der Waals surface area contributed by atoms with Crippen molar-refractivity contribution in [2.45, 2.75) is 0 Å². The molecule has 0 atom stereocenters. The average Bonchev–Trinajstić information content (AvgIpc) is 2.87. The van der Waals surface area contributed by atoms with Crippen molar-refractivity contribution in [1.82, 2.24) is 9.80 Å². The van der Waals surface area contributed by atoms with Crippen molar-refractivity contribution in [3.8, 4) is 12.1 Å². The van der Waals surface area contributed by atoms with Gasteiger partial charge in [0.1, 0.15) is 34.9 Å². The fourth-order valence-corrected chi connectivity index (χ4v) is 4.56. The summed E-state index contributed by atoms with van der Waals surface area (Å²) in [7, 11) is 0. The summed E-state index contributed by atoms with van der Waals surface area (Å²) in [6.45, 7) is 8.21. The maximum Gasteiger partial charge on any atom is 0.143 e. The largest absolute Gasteiger partial charge is 0.368 e. The van der Waals surface area contributed by atoms with Crippen molar-refractivity contribution in [3.63, 3.8) is 0 Å². The van der Waals surface area contributed by atoms with E-state index in [4.69, 9.17) is 0 Å². The lowest BCUT2D eigenvalue weighted by Gasteiger charge is -2.36. The third kappa shape index (κ3) is 5.36. The van der Waals surface area contributed by atoms with Gasteiger partial charge in [-0.25, -0.2) is 8.78 Å². The van der Waals surface area contributed by atoms with Crippen LogP contribution in [-0.4, -0.2) is 75.2 Å². The Balaban J connectivity index is 1.20. The minimum absolute atomic E-state index is 0.122. The van der Waals surface area contributed by atoms with Gasteiger partial charge in [0.15, 0.2) is 0 Å². The fraction of sp³-hybridized carbons (Fsp3) is 0.385. The van der Waals surface area contributed by atoms with Crippen molar-refractivity contribution >= 4 is 11.4 Å². The van der Waals surface area contributed by atoms with Crippen LogP contribution in [0.4, 0.5) is 20.2 Å². The normalized spacial score (nSPS) is 17.6. The monoisotopic (exact) mass is 462 g/mol. The molecule has 34 heavy (non-hydrogen) atoms. The van der Waals surface area contributed by atoms with Gasteiger partial charge < -0.3 is 9.80 Å². The second kappa shape index (κ2) is 11.1. The van der Waals surface area contributed by atoms with E-state index in [1.54, 1.807) is 12.1 Å². The van der Waals surface area contributed by atoms with Crippen LogP contribution < -0.4 is 9.80 Å². The van der Waals surface area contributed by atoms with Gasteiger partial charge >= 0.3 is 0 Å². The van der Waals surface area contributed by atoms with E-state index in [1.165, 1.54) is 12.1 Å². The molecular weight excluding hydrogens is 434 g/mol. The third-order valence-electron chi connectivity index (χ3n) is 6.53. The Labute approximate surface area is 199 Å². The van der Waals surface area contributed by atoms with Crippen LogP contribution in [0.25, 0.3) is 0 Å². The molecule has 0 bridgehead atoms. The highest BCUT2D eigenvalue weighted by Crippen LogP contribution is 2.24. The summed E-state index contributed by atoms with van der Waals surface area (Å²) in [5.74, 6) is -0.930. The van der Waals surface area contributed by atoms with Gasteiger partial charge in [-0.15, -0.1) is 0 Å². The maximum absolute atomic E-state index is 13.9. The number of piperazine rings is 2. The summed E-state index contributed by atoms with van der Waals surface area (Å²) in [4.78, 5) is 8.86. The first-order valence-corrected chi connectivity index (χ1v) is 11.6. The molecule has 0 amide bonds. The Morgan fingerprint density at radius 2 is 1.03 bits per heavy atom. The molecule has 4 rings (SSSR count). The molecule has 2 aliphatic rings. The molecule has 0 spiro atoms. The van der Waals surface area contributed by atoms with Crippen LogP contribution in [0.1, 0.15) is 11.1 Å². The zero-order valence-electron chi connectivity index (χ0n) is 19.1. The second-order valence-electron chi connectivity index (χ2n) is 8.54. The lowest BCUT2D eigenvalue weighted by Crippen LogP contribution is -2.47. The second-order valence-corrected chi connectivity index (χ2v) is 8.54. The topological polar surface area (TPSA) is 60.5 Å². The molecule has 2 aromatic rings. The van der Waals surface area contributed by atoms with Gasteiger partial charge in [0.25, 0.3) is 0 Å². The molecule has 176 valence electrons. The quantitative estimate of drug-likeness (QED) is 0.615. The summed E-state index contributed by atoms with van der Waals surface area (Å²) < 4.78 is 27.8. The van der Waals surface area contributed by atoms with Crippen LogP contribution in [-0.2, 0) is 0 Å². The fourth-order valence-electron chi connectivity index (χ4n) is 4.56. The first-order chi connectivity index (χ1) is 16.6. The van der Waals surface area contributed by atoms with Crippen LogP contribution >= 0.6 is 0 Å². The molecule has 0 saturated carbocycles. The molecule has 0 radical (unpaired) electrons. The molecule has 0 aromatic heterocycles. The molecule has 0 N–H and O–H groups in total. The van der Waals surface area contributed by atoms with Crippen molar-refractivity contribution in [2.24, 2.45) is 0 Å². The molecule has 0 unspecified atom stereocenters. The van der Waals surface area contributed by atoms with Gasteiger partial charge in [0.2, 0.25) is 0 Å². The molecule has 6 nitrogen and oxygen atoms in total. The number of halogens is 2. The van der Waals surface area contributed by atoms with E-state index in [0.717, 1.165) is 65.4 Å². The SMILES string of the molecule is N#Cc1c(F)cccc1N1CCN(C/C=C/CN2CCN(c3cccc(F)c3C#N)CC2)CC1. The first-order valence-electron chi connectivity index (χ1n) is 11.6. The summed E-state index contributed by atoms with van der Waals surface area (Å²) in [5, 5.41) is 18.5. The summed E-state index contributed by atoms with van der Waals surface area (Å²) in [5.41, 5.74) is 1.60. The molecule has 2 aliphatic heterocycles. The average molecular weight is 463 g/mol. The van der Waals surface area contributed by atoms with Gasteiger partial charge in [-0.2, -0.15) is 10.5 Å². The predicted molar refractivity (Wildman–Crippen MR) is 129 cm³/mol. The van der Waals surface area contributed by atoms with E-state index in [9.17, 15) is 19.3 Å². The number of hydrogen-bond acceptors (Lipinski definition) is 6. The van der Waals surface area contributed by atoms with E-state index in [-0.39, 0.29) is 11.1 Å². The Kier molecular flexibility index (Phi) is 7.74. The smallest absolute Gasteiger partial charge is 0.143 e.